The SMILES string of the molecule is COC(=O)c1ccccc1CN1CCc2sccc2C1C. The van der Waals surface area contributed by atoms with Crippen LogP contribution in [0.25, 0.3) is 0 Å². The molecule has 0 spiro atoms. The van der Waals surface area contributed by atoms with E-state index in [-0.39, 0.29) is 5.97 Å². The van der Waals surface area contributed by atoms with Crippen LogP contribution in [0.1, 0.15) is 39.3 Å². The number of carbonyl (C=O) groups excluding carboxylic acids is 1. The highest BCUT2D eigenvalue weighted by Crippen LogP contribution is 2.33. The van der Waals surface area contributed by atoms with Gasteiger partial charge in [-0.2, -0.15) is 0 Å². The van der Waals surface area contributed by atoms with Gasteiger partial charge in [0.05, 0.1) is 12.7 Å². The van der Waals surface area contributed by atoms with Crippen molar-refractivity contribution in [3.63, 3.8) is 0 Å². The third-order valence-electron chi connectivity index (χ3n) is 4.20. The number of ether oxygens (including phenoxy) is 1. The van der Waals surface area contributed by atoms with Crippen molar-refractivity contribution in [1.29, 1.82) is 0 Å². The van der Waals surface area contributed by atoms with E-state index >= 15 is 0 Å². The fourth-order valence-corrected chi connectivity index (χ4v) is 3.93. The van der Waals surface area contributed by atoms with E-state index in [1.807, 2.05) is 35.6 Å². The van der Waals surface area contributed by atoms with Gasteiger partial charge in [-0.3, -0.25) is 4.90 Å². The summed E-state index contributed by atoms with van der Waals surface area (Å²) in [7, 11) is 1.43. The first-order chi connectivity index (χ1) is 10.2. The lowest BCUT2D eigenvalue weighted by atomic mass is 9.99. The molecular weight excluding hydrogens is 282 g/mol. The van der Waals surface area contributed by atoms with Gasteiger partial charge in [-0.15, -0.1) is 11.3 Å². The van der Waals surface area contributed by atoms with Crippen molar-refractivity contribution >= 4 is 17.3 Å². The van der Waals surface area contributed by atoms with Crippen molar-refractivity contribution in [1.82, 2.24) is 4.90 Å². The molecule has 1 aromatic heterocycles. The van der Waals surface area contributed by atoms with Crippen LogP contribution in [0.2, 0.25) is 0 Å². The maximum atomic E-state index is 11.9. The van der Waals surface area contributed by atoms with Gasteiger partial charge in [0.2, 0.25) is 0 Å². The predicted octanol–water partition coefficient (Wildman–Crippen LogP) is 3.65. The van der Waals surface area contributed by atoms with Crippen LogP contribution in [0.4, 0.5) is 0 Å². The highest BCUT2D eigenvalue weighted by molar-refractivity contribution is 7.10. The standard InChI is InChI=1S/C17H19NO2S/c1-12-14-8-10-21-16(14)7-9-18(12)11-13-5-3-4-6-15(13)17(19)20-2/h3-6,8,10,12H,7,9,11H2,1-2H3. The van der Waals surface area contributed by atoms with Crippen LogP contribution >= 0.6 is 11.3 Å². The molecule has 2 aromatic rings. The maximum absolute atomic E-state index is 11.9. The number of carbonyl (C=O) groups is 1. The Kier molecular flexibility index (Phi) is 4.08. The zero-order valence-corrected chi connectivity index (χ0v) is 13.2. The van der Waals surface area contributed by atoms with Crippen LogP contribution in [0.3, 0.4) is 0 Å². The van der Waals surface area contributed by atoms with Crippen LogP contribution in [0, 0.1) is 0 Å². The fourth-order valence-electron chi connectivity index (χ4n) is 2.96. The van der Waals surface area contributed by atoms with Crippen molar-refractivity contribution in [2.75, 3.05) is 13.7 Å². The monoisotopic (exact) mass is 301 g/mol. The topological polar surface area (TPSA) is 29.5 Å². The first kappa shape index (κ1) is 14.3. The lowest BCUT2D eigenvalue weighted by Crippen LogP contribution is -2.33. The number of benzene rings is 1. The molecule has 0 fully saturated rings. The van der Waals surface area contributed by atoms with Gasteiger partial charge in [-0.1, -0.05) is 18.2 Å². The molecule has 0 N–H and O–H groups in total. The summed E-state index contributed by atoms with van der Waals surface area (Å²) in [6.07, 6.45) is 1.09. The van der Waals surface area contributed by atoms with E-state index in [1.54, 1.807) is 0 Å². The van der Waals surface area contributed by atoms with Gasteiger partial charge < -0.3 is 4.74 Å². The van der Waals surface area contributed by atoms with E-state index in [0.717, 1.165) is 25.1 Å². The van der Waals surface area contributed by atoms with Gasteiger partial charge in [-0.25, -0.2) is 4.79 Å². The number of rotatable bonds is 3. The van der Waals surface area contributed by atoms with E-state index in [2.05, 4.69) is 23.3 Å². The average molecular weight is 301 g/mol. The van der Waals surface area contributed by atoms with Crippen molar-refractivity contribution in [2.45, 2.75) is 25.9 Å². The Morgan fingerprint density at radius 1 is 1.38 bits per heavy atom. The lowest BCUT2D eigenvalue weighted by Gasteiger charge is -2.34. The highest BCUT2D eigenvalue weighted by Gasteiger charge is 2.25. The summed E-state index contributed by atoms with van der Waals surface area (Å²) in [6.45, 7) is 4.05. The number of nitrogens with zero attached hydrogens (tertiary/aromatic N) is 1. The zero-order valence-electron chi connectivity index (χ0n) is 12.3. The minimum atomic E-state index is -0.258. The molecule has 21 heavy (non-hydrogen) atoms. The largest absolute Gasteiger partial charge is 0.465 e. The summed E-state index contributed by atoms with van der Waals surface area (Å²) in [4.78, 5) is 15.8. The molecule has 0 saturated heterocycles. The van der Waals surface area contributed by atoms with Crippen LogP contribution in [0.5, 0.6) is 0 Å². The molecule has 0 radical (unpaired) electrons. The third kappa shape index (κ3) is 2.74. The second-order valence-corrected chi connectivity index (χ2v) is 6.34. The first-order valence-electron chi connectivity index (χ1n) is 7.17. The van der Waals surface area contributed by atoms with Gasteiger partial charge in [0.1, 0.15) is 0 Å². The molecule has 0 amide bonds. The number of fused-ring (bicyclic) bond motifs is 1. The molecule has 0 aliphatic carbocycles. The molecule has 2 heterocycles. The number of hydrogen-bond acceptors (Lipinski definition) is 4. The second-order valence-electron chi connectivity index (χ2n) is 5.34. The van der Waals surface area contributed by atoms with Crippen molar-refractivity contribution in [3.8, 4) is 0 Å². The molecular formula is C17H19NO2S. The minimum Gasteiger partial charge on any atom is -0.465 e. The average Bonchev–Trinajstić information content (AvgIpc) is 2.99. The molecule has 110 valence electrons. The number of hydrogen-bond donors (Lipinski definition) is 0. The summed E-state index contributed by atoms with van der Waals surface area (Å²) in [5, 5.41) is 2.17. The molecule has 1 atom stereocenters. The van der Waals surface area contributed by atoms with E-state index in [9.17, 15) is 4.79 Å². The van der Waals surface area contributed by atoms with Crippen molar-refractivity contribution < 1.29 is 9.53 Å². The van der Waals surface area contributed by atoms with E-state index in [0.29, 0.717) is 11.6 Å². The Bertz CT molecular complexity index is 650. The van der Waals surface area contributed by atoms with Gasteiger partial charge in [0.25, 0.3) is 0 Å². The van der Waals surface area contributed by atoms with Crippen LogP contribution in [-0.2, 0) is 17.7 Å². The Labute approximate surface area is 129 Å². The van der Waals surface area contributed by atoms with E-state index in [1.165, 1.54) is 17.6 Å². The predicted molar refractivity (Wildman–Crippen MR) is 84.6 cm³/mol. The fraction of sp³-hybridized carbons (Fsp3) is 0.353. The summed E-state index contributed by atoms with van der Waals surface area (Å²) in [5.41, 5.74) is 3.14. The molecule has 0 saturated carbocycles. The Morgan fingerprint density at radius 2 is 2.19 bits per heavy atom. The molecule has 3 nitrogen and oxygen atoms in total. The minimum absolute atomic E-state index is 0.258. The molecule has 1 aliphatic heterocycles. The van der Waals surface area contributed by atoms with Crippen LogP contribution in [0.15, 0.2) is 35.7 Å². The molecule has 0 bridgehead atoms. The van der Waals surface area contributed by atoms with E-state index in [4.69, 9.17) is 4.74 Å². The number of esters is 1. The smallest absolute Gasteiger partial charge is 0.338 e. The van der Waals surface area contributed by atoms with Crippen molar-refractivity contribution in [2.24, 2.45) is 0 Å². The Balaban J connectivity index is 1.84. The summed E-state index contributed by atoms with van der Waals surface area (Å²) in [6, 6.07) is 10.3. The van der Waals surface area contributed by atoms with Crippen molar-refractivity contribution in [3.05, 3.63) is 57.3 Å². The third-order valence-corrected chi connectivity index (χ3v) is 5.20. The normalized spacial score (nSPS) is 18.3. The zero-order chi connectivity index (χ0) is 14.8. The summed E-state index contributed by atoms with van der Waals surface area (Å²) >= 11 is 1.85. The number of thiophene rings is 1. The van der Waals surface area contributed by atoms with Gasteiger partial charge in [-0.05, 0) is 42.0 Å². The Hall–Kier alpha value is -1.65. The van der Waals surface area contributed by atoms with Gasteiger partial charge in [0, 0.05) is 24.0 Å². The van der Waals surface area contributed by atoms with Gasteiger partial charge >= 0.3 is 5.97 Å². The second kappa shape index (κ2) is 6.00. The summed E-state index contributed by atoms with van der Waals surface area (Å²) < 4.78 is 4.88. The summed E-state index contributed by atoms with van der Waals surface area (Å²) in [5.74, 6) is -0.258. The number of methoxy groups -OCH3 is 1. The van der Waals surface area contributed by atoms with Crippen LogP contribution < -0.4 is 0 Å². The lowest BCUT2D eigenvalue weighted by molar-refractivity contribution is 0.0597. The molecule has 1 unspecified atom stereocenters. The molecule has 1 aliphatic rings. The molecule has 1 aromatic carbocycles. The Morgan fingerprint density at radius 3 is 3.00 bits per heavy atom. The molecule has 4 heteroatoms. The highest BCUT2D eigenvalue weighted by atomic mass is 32.1. The van der Waals surface area contributed by atoms with Crippen LogP contribution in [-0.4, -0.2) is 24.5 Å². The van der Waals surface area contributed by atoms with Gasteiger partial charge in [0.15, 0.2) is 0 Å². The first-order valence-corrected chi connectivity index (χ1v) is 8.05. The van der Waals surface area contributed by atoms with E-state index < -0.39 is 0 Å². The maximum Gasteiger partial charge on any atom is 0.338 e. The molecule has 3 rings (SSSR count). The quantitative estimate of drug-likeness (QED) is 0.810.